The van der Waals surface area contributed by atoms with E-state index in [4.69, 9.17) is 11.5 Å². The molecule has 4 N–H and O–H groups in total. The summed E-state index contributed by atoms with van der Waals surface area (Å²) in [7, 11) is -1.65. The van der Waals surface area contributed by atoms with Gasteiger partial charge in [0, 0.05) is 11.4 Å². The van der Waals surface area contributed by atoms with Crippen LogP contribution in [0.1, 0.15) is 5.56 Å². The summed E-state index contributed by atoms with van der Waals surface area (Å²) in [6, 6.07) is 21.0. The van der Waals surface area contributed by atoms with Crippen LogP contribution in [0.5, 0.6) is 0 Å². The van der Waals surface area contributed by atoms with Crippen molar-refractivity contribution in [2.45, 2.75) is 26.6 Å². The molecule has 0 heterocycles. The molecule has 0 unspecified atom stereocenters. The van der Waals surface area contributed by atoms with Crippen molar-refractivity contribution in [3.05, 3.63) is 66.2 Å². The highest BCUT2D eigenvalue weighted by molar-refractivity contribution is 6.91. The van der Waals surface area contributed by atoms with Crippen molar-refractivity contribution in [2.75, 3.05) is 11.5 Å². The summed E-state index contributed by atoms with van der Waals surface area (Å²) in [6.45, 7) is 9.19. The van der Waals surface area contributed by atoms with Crippen LogP contribution in [0.3, 0.4) is 0 Å². The van der Waals surface area contributed by atoms with E-state index in [1.807, 2.05) is 12.1 Å². The van der Waals surface area contributed by atoms with Crippen molar-refractivity contribution in [3.63, 3.8) is 0 Å². The minimum Gasteiger partial charge on any atom is -0.399 e. The van der Waals surface area contributed by atoms with Crippen molar-refractivity contribution >= 4 is 24.6 Å². The van der Waals surface area contributed by atoms with Crippen molar-refractivity contribution in [2.24, 2.45) is 0 Å². The predicted molar refractivity (Wildman–Crippen MR) is 114 cm³/mol. The molecule has 0 atom stereocenters. The fourth-order valence-corrected chi connectivity index (χ4v) is 5.41. The number of benzene rings is 3. The van der Waals surface area contributed by atoms with Gasteiger partial charge in [0.05, 0.1) is 8.07 Å². The molecule has 0 aromatic heterocycles. The van der Waals surface area contributed by atoms with Crippen molar-refractivity contribution in [3.8, 4) is 22.3 Å². The second kappa shape index (κ2) is 6.41. The minimum atomic E-state index is -1.65. The average Bonchev–Trinajstić information content (AvgIpc) is 2.54. The number of aryl methyl sites for hydroxylation is 1. The van der Waals surface area contributed by atoms with Crippen LogP contribution in [0.2, 0.25) is 19.6 Å². The molecule has 0 spiro atoms. The first-order chi connectivity index (χ1) is 11.8. The highest BCUT2D eigenvalue weighted by atomic mass is 28.3. The van der Waals surface area contributed by atoms with Gasteiger partial charge in [-0.15, -0.1) is 0 Å². The van der Waals surface area contributed by atoms with Crippen LogP contribution >= 0.6 is 0 Å². The molecule has 128 valence electrons. The summed E-state index contributed by atoms with van der Waals surface area (Å²) in [6.07, 6.45) is 0. The molecule has 0 saturated carbocycles. The molecule has 2 nitrogen and oxygen atoms in total. The summed E-state index contributed by atoms with van der Waals surface area (Å²) in [5, 5.41) is 1.33. The molecule has 3 aromatic carbocycles. The zero-order valence-electron chi connectivity index (χ0n) is 15.4. The fraction of sp³-hybridized carbons (Fsp3) is 0.182. The molecule has 0 bridgehead atoms. The summed E-state index contributed by atoms with van der Waals surface area (Å²) in [5.74, 6) is 0. The van der Waals surface area contributed by atoms with Gasteiger partial charge in [-0.25, -0.2) is 0 Å². The zero-order valence-corrected chi connectivity index (χ0v) is 16.4. The Hall–Kier alpha value is -2.52. The Morgan fingerprint density at radius 1 is 0.760 bits per heavy atom. The van der Waals surface area contributed by atoms with Crippen LogP contribution in [0.15, 0.2) is 60.7 Å². The van der Waals surface area contributed by atoms with E-state index in [1.165, 1.54) is 33.0 Å². The Balaban J connectivity index is 2.38. The van der Waals surface area contributed by atoms with Gasteiger partial charge in [0.1, 0.15) is 0 Å². The molecule has 0 aliphatic rings. The molecule has 3 aromatic rings. The number of nitrogen functional groups attached to an aromatic ring is 2. The Labute approximate surface area is 151 Å². The maximum Gasteiger partial charge on any atom is 0.0811 e. The topological polar surface area (TPSA) is 52.0 Å². The van der Waals surface area contributed by atoms with E-state index in [1.54, 1.807) is 0 Å². The Kier molecular flexibility index (Phi) is 4.44. The normalized spacial score (nSPS) is 11.5. The number of hydrogen-bond acceptors (Lipinski definition) is 2. The summed E-state index contributed by atoms with van der Waals surface area (Å²) in [5.41, 5.74) is 20.2. The molecule has 0 saturated heterocycles. The van der Waals surface area contributed by atoms with Crippen LogP contribution in [0, 0.1) is 6.92 Å². The number of hydrogen-bond donors (Lipinski definition) is 2. The van der Waals surface area contributed by atoms with E-state index in [-0.39, 0.29) is 0 Å². The molecule has 3 heteroatoms. The third-order valence-corrected chi connectivity index (χ3v) is 6.55. The lowest BCUT2D eigenvalue weighted by atomic mass is 9.93. The van der Waals surface area contributed by atoms with Gasteiger partial charge in [-0.2, -0.15) is 0 Å². The number of rotatable bonds is 3. The summed E-state index contributed by atoms with van der Waals surface area (Å²) in [4.78, 5) is 0. The highest BCUT2D eigenvalue weighted by Crippen LogP contribution is 2.35. The summed E-state index contributed by atoms with van der Waals surface area (Å²) >= 11 is 0. The van der Waals surface area contributed by atoms with Gasteiger partial charge in [0.2, 0.25) is 0 Å². The van der Waals surface area contributed by atoms with Crippen LogP contribution in [-0.4, -0.2) is 8.07 Å². The lowest BCUT2D eigenvalue weighted by molar-refractivity contribution is 1.47. The molecular formula is C22H26N2Si. The molecule has 0 fully saturated rings. The smallest absolute Gasteiger partial charge is 0.0811 e. The molecule has 3 rings (SSSR count). The summed E-state index contributed by atoms with van der Waals surface area (Å²) < 4.78 is 0. The Morgan fingerprint density at radius 3 is 2.04 bits per heavy atom. The van der Waals surface area contributed by atoms with E-state index >= 15 is 0 Å². The highest BCUT2D eigenvalue weighted by Gasteiger charge is 2.26. The van der Waals surface area contributed by atoms with Crippen LogP contribution in [-0.2, 0) is 0 Å². The standard InChI is InChI=1S/C22H26N2Si/c1-15-6-5-7-17(14-15)21-19(16-8-10-18(23)11-9-16)12-13-20(24)22(21)25(2,3)4/h5-14H,23-24H2,1-4H3. The average molecular weight is 347 g/mol. The van der Waals surface area contributed by atoms with Gasteiger partial charge >= 0.3 is 0 Å². The van der Waals surface area contributed by atoms with Crippen molar-refractivity contribution in [1.82, 2.24) is 0 Å². The SMILES string of the molecule is Cc1cccc(-c2c(-c3ccc(N)cc3)ccc(N)c2[Si](C)(C)C)c1. The van der Waals surface area contributed by atoms with Crippen LogP contribution < -0.4 is 16.7 Å². The third-order valence-electron chi connectivity index (χ3n) is 4.52. The second-order valence-corrected chi connectivity index (χ2v) is 12.7. The third kappa shape index (κ3) is 3.47. The first kappa shape index (κ1) is 17.3. The van der Waals surface area contributed by atoms with Gasteiger partial charge < -0.3 is 11.5 Å². The van der Waals surface area contributed by atoms with Gasteiger partial charge in [0.15, 0.2) is 0 Å². The predicted octanol–water partition coefficient (Wildman–Crippen LogP) is 5.04. The van der Waals surface area contributed by atoms with E-state index in [0.717, 1.165) is 11.4 Å². The lowest BCUT2D eigenvalue weighted by Gasteiger charge is -2.26. The largest absolute Gasteiger partial charge is 0.399 e. The van der Waals surface area contributed by atoms with Gasteiger partial charge in [-0.05, 0) is 52.6 Å². The Bertz CT molecular complexity index is 906. The zero-order chi connectivity index (χ0) is 18.2. The molecule has 0 amide bonds. The van der Waals surface area contributed by atoms with Gasteiger partial charge in [0.25, 0.3) is 0 Å². The second-order valence-electron chi connectivity index (χ2n) is 7.69. The van der Waals surface area contributed by atoms with Crippen LogP contribution in [0.4, 0.5) is 11.4 Å². The molecular weight excluding hydrogens is 320 g/mol. The maximum atomic E-state index is 6.47. The van der Waals surface area contributed by atoms with Gasteiger partial charge in [-0.1, -0.05) is 67.7 Å². The molecule has 0 aliphatic carbocycles. The minimum absolute atomic E-state index is 0.779. The van der Waals surface area contributed by atoms with E-state index in [2.05, 4.69) is 75.1 Å². The van der Waals surface area contributed by atoms with Gasteiger partial charge in [-0.3, -0.25) is 0 Å². The monoisotopic (exact) mass is 346 g/mol. The van der Waals surface area contributed by atoms with E-state index in [9.17, 15) is 0 Å². The number of anilines is 2. The van der Waals surface area contributed by atoms with E-state index in [0.29, 0.717) is 0 Å². The van der Waals surface area contributed by atoms with Crippen LogP contribution in [0.25, 0.3) is 22.3 Å². The number of nitrogens with two attached hydrogens (primary N) is 2. The van der Waals surface area contributed by atoms with Crippen molar-refractivity contribution in [1.29, 1.82) is 0 Å². The first-order valence-electron chi connectivity index (χ1n) is 8.63. The quantitative estimate of drug-likeness (QED) is 0.516. The maximum absolute atomic E-state index is 6.47. The molecule has 25 heavy (non-hydrogen) atoms. The van der Waals surface area contributed by atoms with Crippen molar-refractivity contribution < 1.29 is 0 Å². The molecule has 0 radical (unpaired) electrons. The lowest BCUT2D eigenvalue weighted by Crippen LogP contribution is -2.41. The molecule has 0 aliphatic heterocycles. The first-order valence-corrected chi connectivity index (χ1v) is 12.1. The Morgan fingerprint density at radius 2 is 1.44 bits per heavy atom. The van der Waals surface area contributed by atoms with E-state index < -0.39 is 8.07 Å². The fourth-order valence-electron chi connectivity index (χ4n) is 3.43.